The minimum Gasteiger partial charge on any atom is -0.356 e. The second-order valence-corrected chi connectivity index (χ2v) is 5.35. The molecule has 0 aromatic rings. The van der Waals surface area contributed by atoms with E-state index in [2.05, 4.69) is 10.6 Å². The van der Waals surface area contributed by atoms with Crippen LogP contribution in [-0.2, 0) is 4.79 Å². The molecule has 0 unspecified atom stereocenters. The number of rotatable bonds is 4. The fraction of sp³-hybridized carbons (Fsp3) is 0.923. The van der Waals surface area contributed by atoms with Crippen LogP contribution in [0.3, 0.4) is 0 Å². The Morgan fingerprint density at radius 3 is 2.44 bits per heavy atom. The Hall–Kier alpha value is -0.570. The molecule has 2 N–H and O–H groups in total. The molecule has 0 bridgehead atoms. The van der Waals surface area contributed by atoms with Crippen LogP contribution in [-0.4, -0.2) is 25.5 Å². The van der Waals surface area contributed by atoms with Gasteiger partial charge in [0.2, 0.25) is 5.91 Å². The predicted octanol–water partition coefficient (Wildman–Crippen LogP) is 1.68. The third kappa shape index (κ3) is 3.78. The van der Waals surface area contributed by atoms with Crippen molar-refractivity contribution in [3.05, 3.63) is 0 Å². The van der Waals surface area contributed by atoms with Gasteiger partial charge in [0.25, 0.3) is 0 Å². The van der Waals surface area contributed by atoms with Crippen LogP contribution >= 0.6 is 0 Å². The second-order valence-electron chi connectivity index (χ2n) is 5.35. The molecule has 1 saturated heterocycles. The van der Waals surface area contributed by atoms with Crippen LogP contribution in [0.15, 0.2) is 0 Å². The molecular weight excluding hydrogens is 200 g/mol. The number of piperidine rings is 1. The summed E-state index contributed by atoms with van der Waals surface area (Å²) in [5.41, 5.74) is 0. The Kier molecular flexibility index (Phi) is 4.64. The molecule has 2 fully saturated rings. The Bertz CT molecular complexity index is 218. The number of carbonyl (C=O) groups is 1. The average Bonchev–Trinajstić information content (AvgIpc) is 2.81. The van der Waals surface area contributed by atoms with Gasteiger partial charge >= 0.3 is 0 Å². The van der Waals surface area contributed by atoms with Crippen molar-refractivity contribution in [1.82, 2.24) is 10.6 Å². The Morgan fingerprint density at radius 2 is 1.75 bits per heavy atom. The minimum atomic E-state index is 0.277. The zero-order valence-electron chi connectivity index (χ0n) is 10.1. The summed E-state index contributed by atoms with van der Waals surface area (Å²) in [4.78, 5) is 11.7. The van der Waals surface area contributed by atoms with Gasteiger partial charge in [-0.3, -0.25) is 4.79 Å². The van der Waals surface area contributed by atoms with Crippen molar-refractivity contribution in [2.45, 2.75) is 44.9 Å². The summed E-state index contributed by atoms with van der Waals surface area (Å²) in [5.74, 6) is 1.65. The van der Waals surface area contributed by atoms with Gasteiger partial charge in [0.15, 0.2) is 0 Å². The maximum atomic E-state index is 11.7. The van der Waals surface area contributed by atoms with Crippen LogP contribution in [0.25, 0.3) is 0 Å². The van der Waals surface area contributed by atoms with Crippen LogP contribution in [0.4, 0.5) is 0 Å². The van der Waals surface area contributed by atoms with Crippen molar-refractivity contribution >= 4 is 5.91 Å². The normalized spacial score (nSPS) is 23.5. The average molecular weight is 224 g/mol. The van der Waals surface area contributed by atoms with Crippen molar-refractivity contribution in [3.8, 4) is 0 Å². The number of hydrogen-bond acceptors (Lipinski definition) is 2. The van der Waals surface area contributed by atoms with Crippen molar-refractivity contribution in [3.63, 3.8) is 0 Å². The predicted molar refractivity (Wildman–Crippen MR) is 65.2 cm³/mol. The summed E-state index contributed by atoms with van der Waals surface area (Å²) < 4.78 is 0. The maximum Gasteiger partial charge on any atom is 0.220 e. The fourth-order valence-corrected chi connectivity index (χ4v) is 2.89. The Morgan fingerprint density at radius 1 is 1.06 bits per heavy atom. The molecule has 0 atom stereocenters. The molecule has 2 aliphatic rings. The molecule has 3 nitrogen and oxygen atoms in total. The van der Waals surface area contributed by atoms with Gasteiger partial charge in [0.1, 0.15) is 0 Å². The van der Waals surface area contributed by atoms with Gasteiger partial charge in [-0.15, -0.1) is 0 Å². The van der Waals surface area contributed by atoms with E-state index in [0.29, 0.717) is 5.92 Å². The molecule has 0 aromatic carbocycles. The minimum absolute atomic E-state index is 0.277. The lowest BCUT2D eigenvalue weighted by Crippen LogP contribution is -2.33. The lowest BCUT2D eigenvalue weighted by molar-refractivity contribution is -0.122. The highest BCUT2D eigenvalue weighted by Gasteiger charge is 2.19. The molecule has 1 saturated carbocycles. The number of amides is 1. The molecule has 3 heteroatoms. The SMILES string of the molecule is O=C(CC1CCNCC1)NCC1CCCC1. The smallest absolute Gasteiger partial charge is 0.220 e. The number of carbonyl (C=O) groups excluding carboxylic acids is 1. The molecule has 2 rings (SSSR count). The van der Waals surface area contributed by atoms with E-state index in [1.54, 1.807) is 0 Å². The summed E-state index contributed by atoms with van der Waals surface area (Å²) in [5, 5.41) is 6.45. The van der Waals surface area contributed by atoms with Crippen LogP contribution < -0.4 is 10.6 Å². The Labute approximate surface area is 98.4 Å². The van der Waals surface area contributed by atoms with Gasteiger partial charge in [0, 0.05) is 13.0 Å². The van der Waals surface area contributed by atoms with Crippen LogP contribution in [0, 0.1) is 11.8 Å². The topological polar surface area (TPSA) is 41.1 Å². The summed E-state index contributed by atoms with van der Waals surface area (Å²) >= 11 is 0. The first-order chi connectivity index (χ1) is 7.84. The van der Waals surface area contributed by atoms with Crippen molar-refractivity contribution in [2.24, 2.45) is 11.8 Å². The maximum absolute atomic E-state index is 11.7. The van der Waals surface area contributed by atoms with E-state index < -0.39 is 0 Å². The molecule has 1 aliphatic carbocycles. The molecule has 0 aromatic heterocycles. The highest BCUT2D eigenvalue weighted by Crippen LogP contribution is 2.23. The molecule has 1 heterocycles. The second kappa shape index (κ2) is 6.24. The highest BCUT2D eigenvalue weighted by atomic mass is 16.1. The third-order valence-corrected chi connectivity index (χ3v) is 4.00. The van der Waals surface area contributed by atoms with Crippen LogP contribution in [0.1, 0.15) is 44.9 Å². The summed E-state index contributed by atoms with van der Waals surface area (Å²) in [6.45, 7) is 3.09. The highest BCUT2D eigenvalue weighted by molar-refractivity contribution is 5.76. The van der Waals surface area contributed by atoms with Crippen LogP contribution in [0.5, 0.6) is 0 Å². The first-order valence-corrected chi connectivity index (χ1v) is 6.82. The summed E-state index contributed by atoms with van der Waals surface area (Å²) in [6.07, 6.45) is 8.41. The standard InChI is InChI=1S/C13H24N2O/c16-13(9-11-5-7-14-8-6-11)15-10-12-3-1-2-4-12/h11-12,14H,1-10H2,(H,15,16). The van der Waals surface area contributed by atoms with E-state index in [1.807, 2.05) is 0 Å². The van der Waals surface area contributed by atoms with E-state index in [0.717, 1.165) is 44.8 Å². The first-order valence-electron chi connectivity index (χ1n) is 6.82. The number of hydrogen-bond donors (Lipinski definition) is 2. The van der Waals surface area contributed by atoms with Gasteiger partial charge in [0.05, 0.1) is 0 Å². The van der Waals surface area contributed by atoms with E-state index in [-0.39, 0.29) is 5.91 Å². The van der Waals surface area contributed by atoms with Gasteiger partial charge < -0.3 is 10.6 Å². The largest absolute Gasteiger partial charge is 0.356 e. The lowest BCUT2D eigenvalue weighted by atomic mass is 9.94. The van der Waals surface area contributed by atoms with Crippen LogP contribution in [0.2, 0.25) is 0 Å². The van der Waals surface area contributed by atoms with E-state index in [4.69, 9.17) is 0 Å². The quantitative estimate of drug-likeness (QED) is 0.763. The third-order valence-electron chi connectivity index (χ3n) is 4.00. The van der Waals surface area contributed by atoms with E-state index in [9.17, 15) is 4.79 Å². The van der Waals surface area contributed by atoms with Crippen molar-refractivity contribution in [2.75, 3.05) is 19.6 Å². The van der Waals surface area contributed by atoms with Crippen molar-refractivity contribution in [1.29, 1.82) is 0 Å². The van der Waals surface area contributed by atoms with Crippen molar-refractivity contribution < 1.29 is 4.79 Å². The summed E-state index contributed by atoms with van der Waals surface area (Å²) in [6, 6.07) is 0. The zero-order chi connectivity index (χ0) is 11.2. The lowest BCUT2D eigenvalue weighted by Gasteiger charge is -2.22. The molecule has 1 amide bonds. The number of nitrogens with one attached hydrogen (secondary N) is 2. The van der Waals surface area contributed by atoms with Gasteiger partial charge in [-0.05, 0) is 50.6 Å². The zero-order valence-corrected chi connectivity index (χ0v) is 10.1. The van der Waals surface area contributed by atoms with Gasteiger partial charge in [-0.2, -0.15) is 0 Å². The first kappa shape index (κ1) is 11.9. The molecule has 0 spiro atoms. The summed E-state index contributed by atoms with van der Waals surface area (Å²) in [7, 11) is 0. The van der Waals surface area contributed by atoms with Gasteiger partial charge in [-0.1, -0.05) is 12.8 Å². The molecule has 16 heavy (non-hydrogen) atoms. The molecule has 92 valence electrons. The van der Waals surface area contributed by atoms with E-state index >= 15 is 0 Å². The molecule has 1 aliphatic heterocycles. The van der Waals surface area contributed by atoms with E-state index in [1.165, 1.54) is 25.7 Å². The Balaban J connectivity index is 1.59. The monoisotopic (exact) mass is 224 g/mol. The molecular formula is C13H24N2O. The fourth-order valence-electron chi connectivity index (χ4n) is 2.89. The van der Waals surface area contributed by atoms with Gasteiger partial charge in [-0.25, -0.2) is 0 Å². The molecule has 0 radical (unpaired) electrons.